The minimum Gasteiger partial charge on any atom is -0.338 e. The fourth-order valence-corrected chi connectivity index (χ4v) is 4.43. The second-order valence-corrected chi connectivity index (χ2v) is 7.35. The van der Waals surface area contributed by atoms with Gasteiger partial charge in [0.1, 0.15) is 17.7 Å². The van der Waals surface area contributed by atoms with E-state index < -0.39 is 0 Å². The monoisotopic (exact) mass is 390 g/mol. The van der Waals surface area contributed by atoms with Crippen molar-refractivity contribution in [2.75, 3.05) is 26.2 Å². The molecule has 0 aliphatic carbocycles. The largest absolute Gasteiger partial charge is 0.338 e. The van der Waals surface area contributed by atoms with Gasteiger partial charge in [0.15, 0.2) is 0 Å². The Morgan fingerprint density at radius 2 is 1.85 bits per heavy atom. The minimum atomic E-state index is -0.0798. The van der Waals surface area contributed by atoms with Gasteiger partial charge in [0, 0.05) is 36.3 Å². The van der Waals surface area contributed by atoms with E-state index in [-0.39, 0.29) is 18.4 Å². The Bertz CT molecular complexity index is 949. The van der Waals surface area contributed by atoms with Crippen LogP contribution in [0, 0.1) is 0 Å². The van der Waals surface area contributed by atoms with Crippen molar-refractivity contribution in [1.29, 1.82) is 0 Å². The molecule has 2 amide bonds. The number of hydrogen-bond acceptors (Lipinski definition) is 6. The van der Waals surface area contributed by atoms with Crippen LogP contribution in [0.4, 0.5) is 0 Å². The summed E-state index contributed by atoms with van der Waals surface area (Å²) in [5, 5.41) is 12.1. The molecule has 0 radical (unpaired) electrons. The van der Waals surface area contributed by atoms with Gasteiger partial charge in [-0.05, 0) is 16.5 Å². The van der Waals surface area contributed by atoms with Crippen LogP contribution in [0.25, 0.3) is 10.1 Å². The molecule has 0 bridgehead atoms. The summed E-state index contributed by atoms with van der Waals surface area (Å²) in [6.07, 6.45) is 1.40. The van der Waals surface area contributed by atoms with E-state index >= 15 is 0 Å². The summed E-state index contributed by atoms with van der Waals surface area (Å²) in [7, 11) is 0. The van der Waals surface area contributed by atoms with E-state index in [9.17, 15) is 9.59 Å². The molecule has 4 rings (SSSR count). The number of carbonyl (C=O) groups excluding carboxylic acids is 2. The molecule has 3 aromatic rings. The van der Waals surface area contributed by atoms with Crippen molar-refractivity contribution in [2.45, 2.75) is 6.54 Å². The molecule has 2 aromatic heterocycles. The van der Waals surface area contributed by atoms with E-state index in [1.807, 2.05) is 24.3 Å². The summed E-state index contributed by atoms with van der Waals surface area (Å²) < 4.78 is 2.38. The van der Waals surface area contributed by atoms with Crippen LogP contribution in [0.15, 0.2) is 30.6 Å². The second kappa shape index (κ2) is 7.00. The van der Waals surface area contributed by atoms with Crippen LogP contribution >= 0.6 is 22.9 Å². The first-order chi connectivity index (χ1) is 12.6. The number of tetrazole rings is 1. The number of aromatic nitrogens is 4. The molecule has 1 aliphatic rings. The third-order valence-electron chi connectivity index (χ3n) is 4.34. The van der Waals surface area contributed by atoms with E-state index in [1.165, 1.54) is 22.3 Å². The quantitative estimate of drug-likeness (QED) is 0.677. The van der Waals surface area contributed by atoms with Gasteiger partial charge in [-0.25, -0.2) is 4.68 Å². The van der Waals surface area contributed by atoms with Gasteiger partial charge in [0.2, 0.25) is 5.91 Å². The molecule has 0 saturated carbocycles. The zero-order valence-electron chi connectivity index (χ0n) is 13.7. The van der Waals surface area contributed by atoms with Crippen LogP contribution in [0.3, 0.4) is 0 Å². The highest BCUT2D eigenvalue weighted by atomic mass is 35.5. The fourth-order valence-electron chi connectivity index (χ4n) is 2.95. The molecule has 134 valence electrons. The first-order valence-corrected chi connectivity index (χ1v) is 9.28. The van der Waals surface area contributed by atoms with E-state index in [2.05, 4.69) is 15.5 Å². The minimum absolute atomic E-state index is 0.0655. The topological polar surface area (TPSA) is 84.2 Å². The van der Waals surface area contributed by atoms with Gasteiger partial charge < -0.3 is 9.80 Å². The van der Waals surface area contributed by atoms with Crippen molar-refractivity contribution in [3.63, 3.8) is 0 Å². The molecule has 1 aromatic carbocycles. The van der Waals surface area contributed by atoms with Crippen molar-refractivity contribution in [2.24, 2.45) is 0 Å². The van der Waals surface area contributed by atoms with Gasteiger partial charge in [-0.2, -0.15) is 0 Å². The number of hydrogen-bond donors (Lipinski definition) is 0. The van der Waals surface area contributed by atoms with E-state index in [0.29, 0.717) is 36.1 Å². The Labute approximate surface area is 157 Å². The number of halogens is 1. The zero-order valence-corrected chi connectivity index (χ0v) is 15.3. The summed E-state index contributed by atoms with van der Waals surface area (Å²) in [6.45, 7) is 2.02. The molecular formula is C16H15ClN6O2S. The molecular weight excluding hydrogens is 376 g/mol. The van der Waals surface area contributed by atoms with E-state index in [4.69, 9.17) is 11.6 Å². The Morgan fingerprint density at radius 1 is 1.12 bits per heavy atom. The van der Waals surface area contributed by atoms with Gasteiger partial charge in [0.05, 0.1) is 5.02 Å². The summed E-state index contributed by atoms with van der Waals surface area (Å²) in [4.78, 5) is 29.1. The number of fused-ring (bicyclic) bond motifs is 1. The molecule has 0 N–H and O–H groups in total. The third-order valence-corrected chi connectivity index (χ3v) is 6.00. The maximum absolute atomic E-state index is 12.8. The zero-order chi connectivity index (χ0) is 18.1. The van der Waals surface area contributed by atoms with Crippen LogP contribution < -0.4 is 0 Å². The standard InChI is InChI=1S/C16H15ClN6O2S/c17-14-11-3-1-2-4-12(11)26-15(14)16(25)22-7-5-21(6-8-22)13(24)9-23-10-18-19-20-23/h1-4,10H,5-9H2. The van der Waals surface area contributed by atoms with Crippen LogP contribution in [0.5, 0.6) is 0 Å². The summed E-state index contributed by atoms with van der Waals surface area (Å²) in [5.74, 6) is -0.145. The third kappa shape index (κ3) is 3.15. The molecule has 10 heteroatoms. The second-order valence-electron chi connectivity index (χ2n) is 5.92. The van der Waals surface area contributed by atoms with Crippen LogP contribution in [0.1, 0.15) is 9.67 Å². The Balaban J connectivity index is 1.41. The number of benzene rings is 1. The molecule has 0 spiro atoms. The van der Waals surface area contributed by atoms with Crippen molar-refractivity contribution < 1.29 is 9.59 Å². The van der Waals surface area contributed by atoms with E-state index in [0.717, 1.165) is 10.1 Å². The van der Waals surface area contributed by atoms with Crippen LogP contribution in [-0.4, -0.2) is 68.0 Å². The van der Waals surface area contributed by atoms with Gasteiger partial charge >= 0.3 is 0 Å². The summed E-state index contributed by atoms with van der Waals surface area (Å²) >= 11 is 7.81. The van der Waals surface area contributed by atoms with Crippen molar-refractivity contribution in [3.8, 4) is 0 Å². The Morgan fingerprint density at radius 3 is 2.54 bits per heavy atom. The Hall–Kier alpha value is -2.52. The van der Waals surface area contributed by atoms with Gasteiger partial charge in [-0.1, -0.05) is 29.8 Å². The SMILES string of the molecule is O=C(Cn1cnnn1)N1CCN(C(=O)c2sc3ccccc3c2Cl)CC1. The highest BCUT2D eigenvalue weighted by Gasteiger charge is 2.27. The van der Waals surface area contributed by atoms with Gasteiger partial charge in [0.25, 0.3) is 5.91 Å². The molecule has 0 atom stereocenters. The molecule has 0 unspecified atom stereocenters. The summed E-state index contributed by atoms with van der Waals surface area (Å²) in [6, 6.07) is 7.71. The smallest absolute Gasteiger partial charge is 0.265 e. The lowest BCUT2D eigenvalue weighted by molar-refractivity contribution is -0.133. The molecule has 3 heterocycles. The van der Waals surface area contributed by atoms with Crippen LogP contribution in [0.2, 0.25) is 5.02 Å². The number of piperazine rings is 1. The predicted molar refractivity (Wildman–Crippen MR) is 97.1 cm³/mol. The van der Waals surface area contributed by atoms with Crippen LogP contribution in [-0.2, 0) is 11.3 Å². The molecule has 1 aliphatic heterocycles. The molecule has 26 heavy (non-hydrogen) atoms. The summed E-state index contributed by atoms with van der Waals surface area (Å²) in [5.41, 5.74) is 0. The van der Waals surface area contributed by atoms with Crippen molar-refractivity contribution in [3.05, 3.63) is 40.5 Å². The van der Waals surface area contributed by atoms with Crippen molar-refractivity contribution in [1.82, 2.24) is 30.0 Å². The number of amides is 2. The lowest BCUT2D eigenvalue weighted by Crippen LogP contribution is -2.51. The fraction of sp³-hybridized carbons (Fsp3) is 0.312. The highest BCUT2D eigenvalue weighted by Crippen LogP contribution is 2.36. The van der Waals surface area contributed by atoms with E-state index in [1.54, 1.807) is 9.80 Å². The normalized spacial score (nSPS) is 14.8. The maximum atomic E-state index is 12.8. The highest BCUT2D eigenvalue weighted by molar-refractivity contribution is 7.21. The Kier molecular flexibility index (Phi) is 4.56. The lowest BCUT2D eigenvalue weighted by atomic mass is 10.2. The maximum Gasteiger partial charge on any atom is 0.265 e. The molecule has 8 nitrogen and oxygen atoms in total. The van der Waals surface area contributed by atoms with Gasteiger partial charge in [-0.15, -0.1) is 16.4 Å². The lowest BCUT2D eigenvalue weighted by Gasteiger charge is -2.34. The van der Waals surface area contributed by atoms with Gasteiger partial charge in [-0.3, -0.25) is 9.59 Å². The average Bonchev–Trinajstić information content (AvgIpc) is 3.29. The number of thiophene rings is 1. The number of nitrogens with zero attached hydrogens (tertiary/aromatic N) is 6. The number of rotatable bonds is 3. The molecule has 1 fully saturated rings. The first-order valence-electron chi connectivity index (χ1n) is 8.08. The number of carbonyl (C=O) groups is 2. The predicted octanol–water partition coefficient (Wildman–Crippen LogP) is 1.53. The first kappa shape index (κ1) is 16.9. The average molecular weight is 391 g/mol. The van der Waals surface area contributed by atoms with Crippen molar-refractivity contribution >= 4 is 44.8 Å². The molecule has 1 saturated heterocycles.